The Bertz CT molecular complexity index is 104. The second kappa shape index (κ2) is 3.34. The predicted molar refractivity (Wildman–Crippen MR) is 24.3 cm³/mol. The maximum absolute atomic E-state index is 11.2. The van der Waals surface area contributed by atoms with Gasteiger partial charge < -0.3 is 10.2 Å². The molecule has 1 atom stereocenters. The van der Waals surface area contributed by atoms with Crippen LogP contribution < -0.4 is 0 Å². The van der Waals surface area contributed by atoms with E-state index in [1.807, 2.05) is 0 Å². The van der Waals surface area contributed by atoms with Crippen molar-refractivity contribution in [3.63, 3.8) is 0 Å². The molecule has 0 aromatic rings. The first-order valence-electron chi connectivity index (χ1n) is 2.23. The number of aliphatic hydroxyl groups is 1. The van der Waals surface area contributed by atoms with Gasteiger partial charge in [0.25, 0.3) is 0 Å². The van der Waals surface area contributed by atoms with E-state index in [2.05, 4.69) is 0 Å². The molecule has 0 saturated heterocycles. The lowest BCUT2D eigenvalue weighted by molar-refractivity contribution is -0.148. The van der Waals surface area contributed by atoms with Crippen LogP contribution in [-0.4, -0.2) is 28.7 Å². The van der Waals surface area contributed by atoms with E-state index in [0.29, 0.717) is 0 Å². The van der Waals surface area contributed by atoms with E-state index in [1.165, 1.54) is 0 Å². The molecule has 54 valence electrons. The molecule has 9 heavy (non-hydrogen) atoms. The highest BCUT2D eigenvalue weighted by Gasteiger charge is 2.18. The average Bonchev–Trinajstić information content (AvgIpc) is 1.63. The molecule has 0 radical (unpaired) electrons. The molecule has 0 rings (SSSR count). The summed E-state index contributed by atoms with van der Waals surface area (Å²) in [6.45, 7) is 0. The summed E-state index contributed by atoms with van der Waals surface area (Å²) in [6.07, 6.45) is -5.71. The van der Waals surface area contributed by atoms with Crippen molar-refractivity contribution in [1.29, 1.82) is 0 Å². The van der Waals surface area contributed by atoms with Crippen molar-refractivity contribution in [3.8, 4) is 0 Å². The molecule has 0 amide bonds. The fraction of sp³-hybridized carbons (Fsp3) is 0.750. The second-order valence-corrected chi connectivity index (χ2v) is 1.48. The normalized spacial score (nSPS) is 13.8. The van der Waals surface area contributed by atoms with Crippen LogP contribution in [0.4, 0.5) is 8.78 Å². The molecule has 0 saturated carbocycles. The zero-order valence-corrected chi connectivity index (χ0v) is 4.42. The summed E-state index contributed by atoms with van der Waals surface area (Å²) in [5.74, 6) is -1.62. The lowest BCUT2D eigenvalue weighted by Gasteiger charge is -2.01. The Morgan fingerprint density at radius 3 is 2.11 bits per heavy atom. The molecule has 2 N–H and O–H groups in total. The van der Waals surface area contributed by atoms with Gasteiger partial charge in [-0.25, -0.2) is 13.6 Å². The van der Waals surface area contributed by atoms with Crippen LogP contribution in [0.25, 0.3) is 0 Å². The SMILES string of the molecule is O=C(O)[C@H](O)CC(F)F. The number of carboxylic acid groups (broad SMARTS) is 1. The maximum Gasteiger partial charge on any atom is 0.332 e. The van der Waals surface area contributed by atoms with Crippen LogP contribution >= 0.6 is 0 Å². The molecule has 3 nitrogen and oxygen atoms in total. The molecule has 0 aliphatic carbocycles. The lowest BCUT2D eigenvalue weighted by atomic mass is 10.3. The van der Waals surface area contributed by atoms with Gasteiger partial charge in [0.2, 0.25) is 6.43 Å². The van der Waals surface area contributed by atoms with Crippen molar-refractivity contribution in [2.45, 2.75) is 19.0 Å². The average molecular weight is 140 g/mol. The number of rotatable bonds is 3. The standard InChI is InChI=1S/C4H6F2O3/c5-3(6)1-2(7)4(8)9/h2-3,7H,1H2,(H,8,9)/t2-/m1/s1. The predicted octanol–water partition coefficient (Wildman–Crippen LogP) is 0.0871. The summed E-state index contributed by atoms with van der Waals surface area (Å²) < 4.78 is 22.4. The quantitative estimate of drug-likeness (QED) is 0.584. The lowest BCUT2D eigenvalue weighted by Crippen LogP contribution is -2.21. The summed E-state index contributed by atoms with van der Waals surface area (Å²) in [4.78, 5) is 9.65. The van der Waals surface area contributed by atoms with Gasteiger partial charge in [-0.15, -0.1) is 0 Å². The minimum atomic E-state index is -2.77. The van der Waals surface area contributed by atoms with E-state index in [9.17, 15) is 13.6 Å². The van der Waals surface area contributed by atoms with Gasteiger partial charge in [0.1, 0.15) is 0 Å². The Balaban J connectivity index is 3.50. The highest BCUT2D eigenvalue weighted by molar-refractivity contribution is 5.71. The highest BCUT2D eigenvalue weighted by atomic mass is 19.3. The van der Waals surface area contributed by atoms with Crippen LogP contribution in [0, 0.1) is 0 Å². The first kappa shape index (κ1) is 8.29. The fourth-order valence-electron chi connectivity index (χ4n) is 0.270. The van der Waals surface area contributed by atoms with Gasteiger partial charge in [-0.3, -0.25) is 0 Å². The maximum atomic E-state index is 11.2. The number of carbonyl (C=O) groups is 1. The largest absolute Gasteiger partial charge is 0.479 e. The first-order chi connectivity index (χ1) is 4.04. The monoisotopic (exact) mass is 140 g/mol. The Morgan fingerprint density at radius 1 is 1.56 bits per heavy atom. The van der Waals surface area contributed by atoms with Crippen molar-refractivity contribution < 1.29 is 23.8 Å². The number of halogens is 2. The van der Waals surface area contributed by atoms with Crippen LogP contribution in [0.5, 0.6) is 0 Å². The molecule has 0 unspecified atom stereocenters. The van der Waals surface area contributed by atoms with Gasteiger partial charge in [-0.1, -0.05) is 0 Å². The zero-order valence-electron chi connectivity index (χ0n) is 4.42. The minimum absolute atomic E-state index is 1.00. The fourth-order valence-corrected chi connectivity index (χ4v) is 0.270. The zero-order chi connectivity index (χ0) is 7.44. The first-order valence-corrected chi connectivity index (χ1v) is 2.23. The van der Waals surface area contributed by atoms with Gasteiger partial charge in [0.15, 0.2) is 6.10 Å². The van der Waals surface area contributed by atoms with E-state index in [-0.39, 0.29) is 0 Å². The van der Waals surface area contributed by atoms with Gasteiger partial charge in [0, 0.05) is 6.42 Å². The van der Waals surface area contributed by atoms with E-state index >= 15 is 0 Å². The van der Waals surface area contributed by atoms with Crippen molar-refractivity contribution >= 4 is 5.97 Å². The van der Waals surface area contributed by atoms with Crippen LogP contribution in [-0.2, 0) is 4.79 Å². The molecule has 0 aliphatic heterocycles. The topological polar surface area (TPSA) is 57.5 Å². The summed E-state index contributed by atoms with van der Waals surface area (Å²) in [5.41, 5.74) is 0. The summed E-state index contributed by atoms with van der Waals surface area (Å²) >= 11 is 0. The molecule has 0 aromatic heterocycles. The third-order valence-corrected chi connectivity index (χ3v) is 0.686. The molecule has 0 aromatic carbocycles. The number of carboxylic acids is 1. The van der Waals surface area contributed by atoms with Gasteiger partial charge in [-0.2, -0.15) is 0 Å². The Hall–Kier alpha value is -0.710. The van der Waals surface area contributed by atoms with Crippen LogP contribution in [0.2, 0.25) is 0 Å². The number of hydrogen-bond donors (Lipinski definition) is 2. The molecule has 0 bridgehead atoms. The van der Waals surface area contributed by atoms with Crippen molar-refractivity contribution in [3.05, 3.63) is 0 Å². The van der Waals surface area contributed by atoms with E-state index in [4.69, 9.17) is 10.2 Å². The smallest absolute Gasteiger partial charge is 0.332 e. The van der Waals surface area contributed by atoms with Crippen molar-refractivity contribution in [2.24, 2.45) is 0 Å². The van der Waals surface area contributed by atoms with E-state index in [1.54, 1.807) is 0 Å². The molecule has 5 heteroatoms. The Morgan fingerprint density at radius 2 is 2.00 bits per heavy atom. The number of alkyl halides is 2. The highest BCUT2D eigenvalue weighted by Crippen LogP contribution is 2.02. The second-order valence-electron chi connectivity index (χ2n) is 1.48. The van der Waals surface area contributed by atoms with Crippen LogP contribution in [0.15, 0.2) is 0 Å². The summed E-state index contributed by atoms with van der Waals surface area (Å²) in [7, 11) is 0. The Labute approximate surface area is 49.9 Å². The molecule has 0 aliphatic rings. The summed E-state index contributed by atoms with van der Waals surface area (Å²) in [6, 6.07) is 0. The number of hydrogen-bond acceptors (Lipinski definition) is 2. The van der Waals surface area contributed by atoms with E-state index in [0.717, 1.165) is 0 Å². The molecule has 0 heterocycles. The van der Waals surface area contributed by atoms with Crippen LogP contribution in [0.1, 0.15) is 6.42 Å². The number of aliphatic hydroxyl groups excluding tert-OH is 1. The van der Waals surface area contributed by atoms with Gasteiger partial charge >= 0.3 is 5.97 Å². The third-order valence-electron chi connectivity index (χ3n) is 0.686. The van der Waals surface area contributed by atoms with Crippen molar-refractivity contribution in [2.75, 3.05) is 0 Å². The van der Waals surface area contributed by atoms with Crippen LogP contribution in [0.3, 0.4) is 0 Å². The Kier molecular flexibility index (Phi) is 3.08. The third kappa shape index (κ3) is 3.84. The molecular formula is C4H6F2O3. The minimum Gasteiger partial charge on any atom is -0.479 e. The van der Waals surface area contributed by atoms with Crippen molar-refractivity contribution in [1.82, 2.24) is 0 Å². The molecule has 0 fully saturated rings. The number of aliphatic carboxylic acids is 1. The molecular weight excluding hydrogens is 134 g/mol. The van der Waals surface area contributed by atoms with Gasteiger partial charge in [-0.05, 0) is 0 Å². The van der Waals surface area contributed by atoms with Gasteiger partial charge in [0.05, 0.1) is 0 Å². The molecule has 0 spiro atoms. The summed E-state index contributed by atoms with van der Waals surface area (Å²) in [5, 5.41) is 16.1. The van der Waals surface area contributed by atoms with E-state index < -0.39 is 24.9 Å².